The topological polar surface area (TPSA) is 49.9 Å². The predicted octanol–water partition coefficient (Wildman–Crippen LogP) is 2.25. The molecule has 0 spiro atoms. The lowest BCUT2D eigenvalue weighted by molar-refractivity contribution is 0.386. The number of hydrogen-bond donors (Lipinski definition) is 2. The highest BCUT2D eigenvalue weighted by molar-refractivity contribution is 5.63. The number of benzene rings is 1. The second-order valence-electron chi connectivity index (χ2n) is 4.04. The zero-order chi connectivity index (χ0) is 13.1. The molecule has 0 bridgehead atoms. The number of aryl methyl sites for hydroxylation is 1. The van der Waals surface area contributed by atoms with Gasteiger partial charge in [-0.1, -0.05) is 0 Å². The summed E-state index contributed by atoms with van der Waals surface area (Å²) in [6.07, 6.45) is 0. The molecule has 0 aliphatic rings. The summed E-state index contributed by atoms with van der Waals surface area (Å²) in [7, 11) is 3.30. The van der Waals surface area contributed by atoms with Crippen molar-refractivity contribution in [3.63, 3.8) is 0 Å². The Hall–Kier alpha value is -1.88. The molecule has 2 aromatic rings. The summed E-state index contributed by atoms with van der Waals surface area (Å²) < 4.78 is 18.5. The standard InChI is InChI=1S/C13H16FN3O/c1-8-13(17-12(16-8)7-15-2)9-4-5-11(18-3)10(14)6-9/h4-6,15H,7H2,1-3H3,(H,16,17). The first kappa shape index (κ1) is 12.6. The van der Waals surface area contributed by atoms with Crippen molar-refractivity contribution in [3.05, 3.63) is 35.5 Å². The highest BCUT2D eigenvalue weighted by atomic mass is 19.1. The van der Waals surface area contributed by atoms with Crippen molar-refractivity contribution in [2.24, 2.45) is 0 Å². The average molecular weight is 249 g/mol. The number of nitrogens with one attached hydrogen (secondary N) is 2. The van der Waals surface area contributed by atoms with Gasteiger partial charge in [-0.3, -0.25) is 0 Å². The molecule has 0 atom stereocenters. The number of methoxy groups -OCH3 is 1. The molecule has 4 nitrogen and oxygen atoms in total. The monoisotopic (exact) mass is 249 g/mol. The van der Waals surface area contributed by atoms with Gasteiger partial charge in [-0.05, 0) is 32.2 Å². The molecule has 5 heteroatoms. The fraction of sp³-hybridized carbons (Fsp3) is 0.308. The van der Waals surface area contributed by atoms with Crippen molar-refractivity contribution in [2.45, 2.75) is 13.5 Å². The second-order valence-corrected chi connectivity index (χ2v) is 4.04. The fourth-order valence-corrected chi connectivity index (χ4v) is 1.87. The summed E-state index contributed by atoms with van der Waals surface area (Å²) in [6.45, 7) is 2.57. The Morgan fingerprint density at radius 1 is 1.44 bits per heavy atom. The maximum Gasteiger partial charge on any atom is 0.165 e. The molecular formula is C13H16FN3O. The molecule has 2 rings (SSSR count). The molecule has 2 N–H and O–H groups in total. The van der Waals surface area contributed by atoms with Crippen LogP contribution in [0.4, 0.5) is 4.39 Å². The molecule has 0 saturated carbocycles. The molecule has 1 heterocycles. The van der Waals surface area contributed by atoms with Crippen molar-refractivity contribution in [1.82, 2.24) is 15.3 Å². The molecule has 0 aliphatic carbocycles. The number of halogens is 1. The van der Waals surface area contributed by atoms with Crippen LogP contribution in [0.3, 0.4) is 0 Å². The van der Waals surface area contributed by atoms with Gasteiger partial charge in [0.2, 0.25) is 0 Å². The Bertz CT molecular complexity index is 551. The number of nitrogens with zero attached hydrogens (tertiary/aromatic N) is 1. The van der Waals surface area contributed by atoms with Crippen LogP contribution in [0, 0.1) is 12.7 Å². The van der Waals surface area contributed by atoms with Crippen molar-refractivity contribution in [2.75, 3.05) is 14.2 Å². The van der Waals surface area contributed by atoms with Crippen LogP contribution in [0.25, 0.3) is 11.3 Å². The highest BCUT2D eigenvalue weighted by Gasteiger charge is 2.11. The molecule has 18 heavy (non-hydrogen) atoms. The molecule has 0 unspecified atom stereocenters. The SMILES string of the molecule is CNCc1nc(-c2ccc(OC)c(F)c2)c(C)[nH]1. The normalized spacial score (nSPS) is 10.7. The third-order valence-electron chi connectivity index (χ3n) is 2.70. The number of imidazole rings is 1. The van der Waals surface area contributed by atoms with Crippen LogP contribution in [0.5, 0.6) is 5.75 Å². The largest absolute Gasteiger partial charge is 0.494 e. The summed E-state index contributed by atoms with van der Waals surface area (Å²) in [6, 6.07) is 4.84. The molecule has 1 aromatic heterocycles. The van der Waals surface area contributed by atoms with Gasteiger partial charge in [0.05, 0.1) is 19.3 Å². The lowest BCUT2D eigenvalue weighted by Crippen LogP contribution is -2.06. The van der Waals surface area contributed by atoms with Gasteiger partial charge in [-0.25, -0.2) is 9.37 Å². The third-order valence-corrected chi connectivity index (χ3v) is 2.70. The van der Waals surface area contributed by atoms with Crippen molar-refractivity contribution in [3.8, 4) is 17.0 Å². The maximum atomic E-state index is 13.6. The van der Waals surface area contributed by atoms with Gasteiger partial charge in [0, 0.05) is 11.3 Å². The van der Waals surface area contributed by atoms with E-state index < -0.39 is 0 Å². The number of aromatic amines is 1. The lowest BCUT2D eigenvalue weighted by Gasteiger charge is -2.03. The third kappa shape index (κ3) is 2.36. The van der Waals surface area contributed by atoms with Gasteiger partial charge >= 0.3 is 0 Å². The van der Waals surface area contributed by atoms with Crippen molar-refractivity contribution in [1.29, 1.82) is 0 Å². The molecular weight excluding hydrogens is 233 g/mol. The Morgan fingerprint density at radius 3 is 2.83 bits per heavy atom. The number of H-pyrrole nitrogens is 1. The minimum absolute atomic E-state index is 0.238. The van der Waals surface area contributed by atoms with E-state index in [2.05, 4.69) is 15.3 Å². The van der Waals surface area contributed by atoms with E-state index in [1.54, 1.807) is 12.1 Å². The zero-order valence-corrected chi connectivity index (χ0v) is 10.7. The van der Waals surface area contributed by atoms with E-state index in [1.807, 2.05) is 14.0 Å². The van der Waals surface area contributed by atoms with Crippen LogP contribution >= 0.6 is 0 Å². The Morgan fingerprint density at radius 2 is 2.22 bits per heavy atom. The van der Waals surface area contributed by atoms with E-state index in [9.17, 15) is 4.39 Å². The highest BCUT2D eigenvalue weighted by Crippen LogP contribution is 2.26. The first-order valence-electron chi connectivity index (χ1n) is 5.69. The smallest absolute Gasteiger partial charge is 0.165 e. The number of aromatic nitrogens is 2. The van der Waals surface area contributed by atoms with Crippen LogP contribution in [0.15, 0.2) is 18.2 Å². The van der Waals surface area contributed by atoms with Gasteiger partial charge in [0.25, 0.3) is 0 Å². The summed E-state index contributed by atoms with van der Waals surface area (Å²) >= 11 is 0. The quantitative estimate of drug-likeness (QED) is 0.873. The minimum Gasteiger partial charge on any atom is -0.494 e. The van der Waals surface area contributed by atoms with Crippen molar-refractivity contribution < 1.29 is 9.13 Å². The summed E-state index contributed by atoms with van der Waals surface area (Å²) in [4.78, 5) is 7.61. The fourth-order valence-electron chi connectivity index (χ4n) is 1.87. The second kappa shape index (κ2) is 5.18. The molecule has 0 aliphatic heterocycles. The Kier molecular flexibility index (Phi) is 3.62. The number of rotatable bonds is 4. The first-order valence-corrected chi connectivity index (χ1v) is 5.69. The molecule has 96 valence electrons. The van der Waals surface area contributed by atoms with Crippen LogP contribution in [-0.2, 0) is 6.54 Å². The van der Waals surface area contributed by atoms with E-state index >= 15 is 0 Å². The molecule has 0 radical (unpaired) electrons. The van der Waals surface area contributed by atoms with Crippen LogP contribution in [0.1, 0.15) is 11.5 Å². The van der Waals surface area contributed by atoms with E-state index in [0.717, 1.165) is 22.8 Å². The van der Waals surface area contributed by atoms with Gasteiger partial charge in [0.1, 0.15) is 5.82 Å². The van der Waals surface area contributed by atoms with Gasteiger partial charge < -0.3 is 15.0 Å². The summed E-state index contributed by atoms with van der Waals surface area (Å²) in [5.41, 5.74) is 2.43. The van der Waals surface area contributed by atoms with Gasteiger partial charge in [-0.2, -0.15) is 0 Å². The molecule has 0 fully saturated rings. The maximum absolute atomic E-state index is 13.6. The number of hydrogen-bond acceptors (Lipinski definition) is 3. The minimum atomic E-state index is -0.382. The lowest BCUT2D eigenvalue weighted by atomic mass is 10.1. The predicted molar refractivity (Wildman–Crippen MR) is 68.0 cm³/mol. The van der Waals surface area contributed by atoms with Crippen LogP contribution in [-0.4, -0.2) is 24.1 Å². The summed E-state index contributed by atoms with van der Waals surface area (Å²) in [5.74, 6) is 0.691. The molecule has 0 amide bonds. The Labute approximate surface area is 105 Å². The molecule has 1 aromatic carbocycles. The van der Waals surface area contributed by atoms with E-state index in [0.29, 0.717) is 6.54 Å². The van der Waals surface area contributed by atoms with Gasteiger partial charge in [-0.15, -0.1) is 0 Å². The van der Waals surface area contributed by atoms with Crippen molar-refractivity contribution >= 4 is 0 Å². The Balaban J connectivity index is 2.39. The van der Waals surface area contributed by atoms with E-state index in [4.69, 9.17) is 4.74 Å². The zero-order valence-electron chi connectivity index (χ0n) is 10.7. The van der Waals surface area contributed by atoms with Crippen LogP contribution in [0.2, 0.25) is 0 Å². The van der Waals surface area contributed by atoms with Gasteiger partial charge in [0.15, 0.2) is 11.6 Å². The first-order chi connectivity index (χ1) is 8.65. The van der Waals surface area contributed by atoms with E-state index in [-0.39, 0.29) is 11.6 Å². The van der Waals surface area contributed by atoms with Crippen LogP contribution < -0.4 is 10.1 Å². The van der Waals surface area contributed by atoms with E-state index in [1.165, 1.54) is 13.2 Å². The number of ether oxygens (including phenoxy) is 1. The summed E-state index contributed by atoms with van der Waals surface area (Å²) in [5, 5.41) is 3.02. The average Bonchev–Trinajstić information content (AvgIpc) is 2.71. The molecule has 0 saturated heterocycles.